The topological polar surface area (TPSA) is 38.3 Å². The summed E-state index contributed by atoms with van der Waals surface area (Å²) >= 11 is 3.26. The van der Waals surface area contributed by atoms with Crippen molar-refractivity contribution in [2.24, 2.45) is 5.92 Å². The van der Waals surface area contributed by atoms with Crippen LogP contribution in [-0.4, -0.2) is 30.5 Å². The van der Waals surface area contributed by atoms with E-state index in [9.17, 15) is 4.79 Å². The summed E-state index contributed by atoms with van der Waals surface area (Å²) in [6.07, 6.45) is 2.64. The Kier molecular flexibility index (Phi) is 4.19. The minimum absolute atomic E-state index is 0.213. The molecule has 1 aliphatic rings. The first kappa shape index (κ1) is 11.0. The standard InChI is InChI=1S/C9H16BrNO2/c1-6(7-3-4-7)11-5-8(10)9(12)13-2/h6-8,11H,3-5H2,1-2H3. The number of carbonyl (C=O) groups is 1. The number of hydrogen-bond acceptors (Lipinski definition) is 3. The van der Waals surface area contributed by atoms with Gasteiger partial charge < -0.3 is 10.1 Å². The number of alkyl halides is 1. The van der Waals surface area contributed by atoms with E-state index in [1.807, 2.05) is 0 Å². The number of carbonyl (C=O) groups excluding carboxylic acids is 1. The molecular formula is C9H16BrNO2. The van der Waals surface area contributed by atoms with Gasteiger partial charge in [0.2, 0.25) is 0 Å². The molecule has 0 saturated heterocycles. The van der Waals surface area contributed by atoms with Crippen LogP contribution in [0.15, 0.2) is 0 Å². The molecule has 0 aromatic carbocycles. The summed E-state index contributed by atoms with van der Waals surface area (Å²) in [5, 5.41) is 3.31. The predicted molar refractivity (Wildman–Crippen MR) is 54.9 cm³/mol. The lowest BCUT2D eigenvalue weighted by molar-refractivity contribution is -0.139. The summed E-state index contributed by atoms with van der Waals surface area (Å²) in [7, 11) is 1.40. The van der Waals surface area contributed by atoms with Crippen molar-refractivity contribution in [2.45, 2.75) is 30.6 Å². The van der Waals surface area contributed by atoms with Crippen molar-refractivity contribution in [3.63, 3.8) is 0 Å². The summed E-state index contributed by atoms with van der Waals surface area (Å²) in [5.41, 5.74) is 0. The van der Waals surface area contributed by atoms with E-state index >= 15 is 0 Å². The zero-order valence-electron chi connectivity index (χ0n) is 8.05. The van der Waals surface area contributed by atoms with E-state index in [0.717, 1.165) is 5.92 Å². The average Bonchev–Trinajstić information content (AvgIpc) is 2.95. The van der Waals surface area contributed by atoms with Gasteiger partial charge in [-0.2, -0.15) is 0 Å². The largest absolute Gasteiger partial charge is 0.468 e. The first-order valence-corrected chi connectivity index (χ1v) is 5.52. The van der Waals surface area contributed by atoms with Crippen molar-refractivity contribution >= 4 is 21.9 Å². The van der Waals surface area contributed by atoms with Crippen molar-refractivity contribution in [3.8, 4) is 0 Å². The van der Waals surface area contributed by atoms with Crippen LogP contribution in [0, 0.1) is 5.92 Å². The van der Waals surface area contributed by atoms with Crippen molar-refractivity contribution in [1.82, 2.24) is 5.32 Å². The molecule has 0 radical (unpaired) electrons. The smallest absolute Gasteiger partial charge is 0.320 e. The van der Waals surface area contributed by atoms with Gasteiger partial charge in [-0.1, -0.05) is 15.9 Å². The van der Waals surface area contributed by atoms with Crippen LogP contribution in [0.3, 0.4) is 0 Å². The Balaban J connectivity index is 2.13. The minimum atomic E-state index is -0.223. The predicted octanol–water partition coefficient (Wildman–Crippen LogP) is 1.31. The molecule has 1 saturated carbocycles. The van der Waals surface area contributed by atoms with Crippen LogP contribution in [-0.2, 0) is 9.53 Å². The van der Waals surface area contributed by atoms with E-state index in [1.54, 1.807) is 0 Å². The molecule has 0 spiro atoms. The van der Waals surface area contributed by atoms with E-state index in [4.69, 9.17) is 0 Å². The molecule has 2 unspecified atom stereocenters. The highest BCUT2D eigenvalue weighted by atomic mass is 79.9. The second-order valence-electron chi connectivity index (χ2n) is 3.53. The Morgan fingerprint density at radius 2 is 2.31 bits per heavy atom. The van der Waals surface area contributed by atoms with E-state index in [2.05, 4.69) is 32.9 Å². The van der Waals surface area contributed by atoms with E-state index in [-0.39, 0.29) is 10.8 Å². The average molecular weight is 250 g/mol. The van der Waals surface area contributed by atoms with Crippen molar-refractivity contribution in [2.75, 3.05) is 13.7 Å². The third-order valence-corrected chi connectivity index (χ3v) is 3.10. The Morgan fingerprint density at radius 1 is 1.69 bits per heavy atom. The normalized spacial score (nSPS) is 20.8. The molecule has 0 aliphatic heterocycles. The summed E-state index contributed by atoms with van der Waals surface area (Å²) in [6, 6.07) is 0.518. The van der Waals surface area contributed by atoms with Gasteiger partial charge in [-0.15, -0.1) is 0 Å². The van der Waals surface area contributed by atoms with E-state index in [0.29, 0.717) is 12.6 Å². The van der Waals surface area contributed by atoms with Crippen LogP contribution in [0.2, 0.25) is 0 Å². The highest BCUT2D eigenvalue weighted by Crippen LogP contribution is 2.32. The summed E-state index contributed by atoms with van der Waals surface area (Å²) in [6.45, 7) is 2.80. The fraction of sp³-hybridized carbons (Fsp3) is 0.889. The second-order valence-corrected chi connectivity index (χ2v) is 4.63. The third kappa shape index (κ3) is 3.65. The Morgan fingerprint density at radius 3 is 2.77 bits per heavy atom. The molecule has 0 heterocycles. The minimum Gasteiger partial charge on any atom is -0.468 e. The van der Waals surface area contributed by atoms with Gasteiger partial charge in [-0.25, -0.2) is 0 Å². The first-order chi connectivity index (χ1) is 6.15. The molecule has 3 nitrogen and oxygen atoms in total. The van der Waals surface area contributed by atoms with Crippen molar-refractivity contribution < 1.29 is 9.53 Å². The number of rotatable bonds is 5. The van der Waals surface area contributed by atoms with Crippen LogP contribution in [0.1, 0.15) is 19.8 Å². The molecule has 0 aromatic heterocycles. The van der Waals surface area contributed by atoms with Gasteiger partial charge >= 0.3 is 5.97 Å². The molecular weight excluding hydrogens is 234 g/mol. The Bertz CT molecular complexity index is 182. The quantitative estimate of drug-likeness (QED) is 0.590. The lowest BCUT2D eigenvalue weighted by atomic mass is 10.2. The molecule has 0 amide bonds. The van der Waals surface area contributed by atoms with Crippen molar-refractivity contribution in [3.05, 3.63) is 0 Å². The molecule has 0 aromatic rings. The van der Waals surface area contributed by atoms with Gasteiger partial charge in [-0.05, 0) is 25.7 Å². The highest BCUT2D eigenvalue weighted by molar-refractivity contribution is 9.10. The maximum atomic E-state index is 11.0. The Labute approximate surface area is 87.3 Å². The first-order valence-electron chi connectivity index (χ1n) is 4.60. The number of ether oxygens (including phenoxy) is 1. The van der Waals surface area contributed by atoms with Gasteiger partial charge in [0.15, 0.2) is 0 Å². The SMILES string of the molecule is COC(=O)C(Br)CNC(C)C1CC1. The highest BCUT2D eigenvalue weighted by Gasteiger charge is 2.28. The number of methoxy groups -OCH3 is 1. The summed E-state index contributed by atoms with van der Waals surface area (Å²) in [5.74, 6) is 0.604. The number of hydrogen-bond donors (Lipinski definition) is 1. The van der Waals surface area contributed by atoms with Crippen LogP contribution in [0.25, 0.3) is 0 Å². The molecule has 4 heteroatoms. The molecule has 1 rings (SSSR count). The second kappa shape index (κ2) is 4.96. The summed E-state index contributed by atoms with van der Waals surface area (Å²) in [4.78, 5) is 10.8. The van der Waals surface area contributed by atoms with Crippen LogP contribution < -0.4 is 5.32 Å². The fourth-order valence-corrected chi connectivity index (χ4v) is 1.64. The van der Waals surface area contributed by atoms with Gasteiger partial charge in [0.1, 0.15) is 4.83 Å². The lowest BCUT2D eigenvalue weighted by Crippen LogP contribution is -2.36. The number of halogens is 1. The zero-order chi connectivity index (χ0) is 9.84. The maximum absolute atomic E-state index is 11.0. The molecule has 1 aliphatic carbocycles. The van der Waals surface area contributed by atoms with Gasteiger partial charge in [-0.3, -0.25) is 4.79 Å². The lowest BCUT2D eigenvalue weighted by Gasteiger charge is -2.14. The van der Waals surface area contributed by atoms with Crippen molar-refractivity contribution in [1.29, 1.82) is 0 Å². The summed E-state index contributed by atoms with van der Waals surface area (Å²) < 4.78 is 4.59. The number of esters is 1. The third-order valence-electron chi connectivity index (χ3n) is 2.41. The molecule has 76 valence electrons. The molecule has 0 bridgehead atoms. The van der Waals surface area contributed by atoms with Crippen LogP contribution >= 0.6 is 15.9 Å². The molecule has 1 N–H and O–H groups in total. The molecule has 2 atom stereocenters. The van der Waals surface area contributed by atoms with Gasteiger partial charge in [0, 0.05) is 12.6 Å². The maximum Gasteiger partial charge on any atom is 0.320 e. The molecule has 1 fully saturated rings. The van der Waals surface area contributed by atoms with Gasteiger partial charge in [0.05, 0.1) is 7.11 Å². The fourth-order valence-electron chi connectivity index (χ4n) is 1.26. The Hall–Kier alpha value is -0.0900. The van der Waals surface area contributed by atoms with E-state index in [1.165, 1.54) is 20.0 Å². The van der Waals surface area contributed by atoms with Crippen LogP contribution in [0.5, 0.6) is 0 Å². The van der Waals surface area contributed by atoms with Crippen LogP contribution in [0.4, 0.5) is 0 Å². The zero-order valence-corrected chi connectivity index (χ0v) is 9.63. The molecule has 13 heavy (non-hydrogen) atoms. The monoisotopic (exact) mass is 249 g/mol. The van der Waals surface area contributed by atoms with E-state index < -0.39 is 0 Å². The number of nitrogens with one attached hydrogen (secondary N) is 1. The van der Waals surface area contributed by atoms with Gasteiger partial charge in [0.25, 0.3) is 0 Å².